The van der Waals surface area contributed by atoms with Crippen molar-refractivity contribution in [2.24, 2.45) is 0 Å². The molecule has 29 heavy (non-hydrogen) atoms. The second kappa shape index (κ2) is 8.95. The predicted octanol–water partition coefficient (Wildman–Crippen LogP) is 5.80. The molecule has 1 heterocycles. The van der Waals surface area contributed by atoms with Crippen LogP contribution < -0.4 is 4.90 Å². The molecule has 3 aromatic carbocycles. The first-order valence-corrected chi connectivity index (χ1v) is 11.0. The molecule has 0 N–H and O–H groups in total. The third kappa shape index (κ3) is 4.61. The summed E-state index contributed by atoms with van der Waals surface area (Å²) in [5, 5.41) is 0.641. The van der Waals surface area contributed by atoms with E-state index in [2.05, 4.69) is 0 Å². The number of halogens is 1. The normalized spacial score (nSPS) is 12.1. The number of hydrogen-bond acceptors (Lipinski definition) is 5. The van der Waals surface area contributed by atoms with Gasteiger partial charge in [-0.05, 0) is 48.5 Å². The van der Waals surface area contributed by atoms with Crippen LogP contribution in [-0.4, -0.2) is 24.2 Å². The van der Waals surface area contributed by atoms with Crippen molar-refractivity contribution in [1.29, 1.82) is 0 Å². The smallest absolute Gasteiger partial charge is 0.316 e. The maximum Gasteiger partial charge on any atom is 0.316 e. The quantitative estimate of drug-likeness (QED) is 0.369. The highest BCUT2D eigenvalue weighted by Gasteiger charge is 2.28. The van der Waals surface area contributed by atoms with Crippen LogP contribution in [0.25, 0.3) is 0 Å². The molecule has 1 aliphatic rings. The number of fused-ring (bicyclic) bond motifs is 2. The molecule has 0 unspecified atom stereocenters. The highest BCUT2D eigenvalue weighted by atomic mass is 35.5. The fraction of sp³-hybridized carbons (Fsp3) is 0.0909. The summed E-state index contributed by atoms with van der Waals surface area (Å²) >= 11 is 8.82. The van der Waals surface area contributed by atoms with Crippen molar-refractivity contribution in [1.82, 2.24) is 0 Å². The van der Waals surface area contributed by atoms with E-state index >= 15 is 0 Å². The largest absolute Gasteiger partial charge is 0.455 e. The third-order valence-electron chi connectivity index (χ3n) is 4.21. The van der Waals surface area contributed by atoms with E-state index in [0.717, 1.165) is 26.1 Å². The minimum Gasteiger partial charge on any atom is -0.455 e. The topological polar surface area (TPSA) is 46.6 Å². The minimum absolute atomic E-state index is 0.123. The molecule has 1 amide bonds. The van der Waals surface area contributed by atoms with Gasteiger partial charge < -0.3 is 4.74 Å². The highest BCUT2D eigenvalue weighted by molar-refractivity contribution is 8.00. The van der Waals surface area contributed by atoms with Crippen LogP contribution in [-0.2, 0) is 14.3 Å². The van der Waals surface area contributed by atoms with Gasteiger partial charge in [-0.3, -0.25) is 14.5 Å². The van der Waals surface area contributed by atoms with E-state index in [0.29, 0.717) is 5.02 Å². The summed E-state index contributed by atoms with van der Waals surface area (Å²) in [6, 6.07) is 22.6. The maximum atomic E-state index is 13.0. The van der Waals surface area contributed by atoms with Crippen molar-refractivity contribution in [3.05, 3.63) is 77.8 Å². The van der Waals surface area contributed by atoms with Crippen molar-refractivity contribution in [2.45, 2.75) is 14.7 Å². The first kappa shape index (κ1) is 19.9. The molecule has 1 aliphatic heterocycles. The van der Waals surface area contributed by atoms with E-state index in [-0.39, 0.29) is 18.3 Å². The number of anilines is 2. The summed E-state index contributed by atoms with van der Waals surface area (Å²) in [4.78, 5) is 29.6. The number of carbonyl (C=O) groups excluding carboxylic acids is 2. The first-order chi connectivity index (χ1) is 14.1. The van der Waals surface area contributed by atoms with Crippen molar-refractivity contribution in [3.8, 4) is 0 Å². The van der Waals surface area contributed by atoms with E-state index in [1.807, 2.05) is 60.7 Å². The standard InChI is InChI=1S/C22H16ClNO3S2/c23-15-9-11-16(12-10-15)28-14-22(26)27-13-21(25)24-17-5-1-3-7-19(17)29-20-8-4-2-6-18(20)24/h1-12H,13-14H2. The van der Waals surface area contributed by atoms with E-state index < -0.39 is 5.97 Å². The molecule has 0 saturated heterocycles. The number of esters is 1. The number of amides is 1. The van der Waals surface area contributed by atoms with Crippen LogP contribution in [0.2, 0.25) is 5.02 Å². The Morgan fingerprint density at radius 1 is 0.897 bits per heavy atom. The lowest BCUT2D eigenvalue weighted by Crippen LogP contribution is -2.32. The molecule has 4 nitrogen and oxygen atoms in total. The van der Waals surface area contributed by atoms with Gasteiger partial charge in [0.15, 0.2) is 6.61 Å². The van der Waals surface area contributed by atoms with Crippen LogP contribution >= 0.6 is 35.1 Å². The molecule has 0 aromatic heterocycles. The van der Waals surface area contributed by atoms with Crippen LogP contribution in [0, 0.1) is 0 Å². The number of hydrogen-bond donors (Lipinski definition) is 0. The number of ether oxygens (including phenoxy) is 1. The number of rotatable bonds is 5. The third-order valence-corrected chi connectivity index (χ3v) is 6.58. The van der Waals surface area contributed by atoms with Gasteiger partial charge in [-0.25, -0.2) is 0 Å². The fourth-order valence-electron chi connectivity index (χ4n) is 2.89. The molecular weight excluding hydrogens is 426 g/mol. The Morgan fingerprint density at radius 3 is 2.10 bits per heavy atom. The molecule has 0 bridgehead atoms. The summed E-state index contributed by atoms with van der Waals surface area (Å²) in [5.74, 6) is -0.598. The number of thioether (sulfide) groups is 1. The Bertz CT molecular complexity index is 1010. The van der Waals surface area contributed by atoms with E-state index in [4.69, 9.17) is 16.3 Å². The summed E-state index contributed by atoms with van der Waals surface area (Å²) in [6.45, 7) is -0.312. The van der Waals surface area contributed by atoms with Gasteiger partial charge in [0.25, 0.3) is 5.91 Å². The zero-order valence-electron chi connectivity index (χ0n) is 15.2. The lowest BCUT2D eigenvalue weighted by molar-refractivity contribution is -0.144. The van der Waals surface area contributed by atoms with Gasteiger partial charge in [0.1, 0.15) is 0 Å². The van der Waals surface area contributed by atoms with Gasteiger partial charge in [-0.2, -0.15) is 0 Å². The van der Waals surface area contributed by atoms with Crippen LogP contribution in [0.3, 0.4) is 0 Å². The van der Waals surface area contributed by atoms with Crippen LogP contribution in [0.4, 0.5) is 11.4 Å². The molecule has 4 rings (SSSR count). The zero-order chi connectivity index (χ0) is 20.2. The van der Waals surface area contributed by atoms with Crippen LogP contribution in [0.15, 0.2) is 87.5 Å². The van der Waals surface area contributed by atoms with Crippen molar-refractivity contribution < 1.29 is 14.3 Å². The second-order valence-corrected chi connectivity index (χ2v) is 8.74. The number of para-hydroxylation sites is 2. The SMILES string of the molecule is O=C(CSc1ccc(Cl)cc1)OCC(=O)N1c2ccccc2Sc2ccccc21. The number of carbonyl (C=O) groups is 2. The molecule has 0 radical (unpaired) electrons. The Balaban J connectivity index is 1.42. The molecule has 0 saturated carbocycles. The summed E-state index contributed by atoms with van der Waals surface area (Å²) in [5.41, 5.74) is 1.60. The Kier molecular flexibility index (Phi) is 6.13. The van der Waals surface area contributed by atoms with Gasteiger partial charge >= 0.3 is 5.97 Å². The van der Waals surface area contributed by atoms with Gasteiger partial charge in [0.2, 0.25) is 0 Å². The van der Waals surface area contributed by atoms with Gasteiger partial charge in [0.05, 0.1) is 17.1 Å². The van der Waals surface area contributed by atoms with Crippen molar-refractivity contribution in [3.63, 3.8) is 0 Å². The van der Waals surface area contributed by atoms with Crippen LogP contribution in [0.5, 0.6) is 0 Å². The monoisotopic (exact) mass is 441 g/mol. The molecule has 0 spiro atoms. The summed E-state index contributed by atoms with van der Waals surface area (Å²) in [7, 11) is 0. The average molecular weight is 442 g/mol. The van der Waals surface area contributed by atoms with Crippen molar-refractivity contribution in [2.75, 3.05) is 17.3 Å². The van der Waals surface area contributed by atoms with Crippen molar-refractivity contribution >= 4 is 58.4 Å². The summed E-state index contributed by atoms with van der Waals surface area (Å²) < 4.78 is 5.25. The lowest BCUT2D eigenvalue weighted by atomic mass is 10.2. The lowest BCUT2D eigenvalue weighted by Gasteiger charge is -2.30. The van der Waals surface area contributed by atoms with Gasteiger partial charge in [0, 0.05) is 19.7 Å². The van der Waals surface area contributed by atoms with Gasteiger partial charge in [-0.15, -0.1) is 11.8 Å². The predicted molar refractivity (Wildman–Crippen MR) is 117 cm³/mol. The van der Waals surface area contributed by atoms with Crippen LogP contribution in [0.1, 0.15) is 0 Å². The van der Waals surface area contributed by atoms with Gasteiger partial charge in [-0.1, -0.05) is 47.6 Å². The molecule has 3 aromatic rings. The van der Waals surface area contributed by atoms with E-state index in [1.54, 1.807) is 28.8 Å². The Labute approximate surface area is 182 Å². The Hall–Kier alpha value is -2.41. The van der Waals surface area contributed by atoms with E-state index in [9.17, 15) is 9.59 Å². The molecule has 0 aliphatic carbocycles. The maximum absolute atomic E-state index is 13.0. The highest BCUT2D eigenvalue weighted by Crippen LogP contribution is 2.47. The first-order valence-electron chi connectivity index (χ1n) is 8.85. The average Bonchev–Trinajstić information content (AvgIpc) is 2.75. The summed E-state index contributed by atoms with van der Waals surface area (Å²) in [6.07, 6.45) is 0. The molecule has 146 valence electrons. The molecular formula is C22H16ClNO3S2. The van der Waals surface area contributed by atoms with E-state index in [1.165, 1.54) is 11.8 Å². The molecule has 0 fully saturated rings. The Morgan fingerprint density at radius 2 is 1.48 bits per heavy atom. The molecule has 7 heteroatoms. The number of benzene rings is 3. The number of nitrogens with zero attached hydrogens (tertiary/aromatic N) is 1. The fourth-order valence-corrected chi connectivity index (χ4v) is 4.78. The second-order valence-electron chi connectivity index (χ2n) is 6.17. The minimum atomic E-state index is -0.439. The molecule has 0 atom stereocenters. The zero-order valence-corrected chi connectivity index (χ0v) is 17.6.